The zero-order valence-electron chi connectivity index (χ0n) is 13.6. The van der Waals surface area contributed by atoms with Gasteiger partial charge in [-0.15, -0.1) is 0 Å². The highest BCUT2D eigenvalue weighted by Gasteiger charge is 2.26. The van der Waals surface area contributed by atoms with Gasteiger partial charge >= 0.3 is 0 Å². The van der Waals surface area contributed by atoms with Gasteiger partial charge in [0.25, 0.3) is 0 Å². The lowest BCUT2D eigenvalue weighted by Crippen LogP contribution is -2.45. The summed E-state index contributed by atoms with van der Waals surface area (Å²) >= 11 is 0. The Morgan fingerprint density at radius 1 is 1.14 bits per heavy atom. The van der Waals surface area contributed by atoms with Crippen molar-refractivity contribution >= 4 is 5.82 Å². The highest BCUT2D eigenvalue weighted by Crippen LogP contribution is 2.25. The van der Waals surface area contributed by atoms with Crippen LogP contribution in [-0.2, 0) is 0 Å². The van der Waals surface area contributed by atoms with Crippen LogP contribution in [0.25, 0.3) is 0 Å². The van der Waals surface area contributed by atoms with Gasteiger partial charge in [0.1, 0.15) is 5.82 Å². The van der Waals surface area contributed by atoms with E-state index in [9.17, 15) is 0 Å². The average molecular weight is 287 g/mol. The van der Waals surface area contributed by atoms with Crippen LogP contribution >= 0.6 is 0 Å². The Kier molecular flexibility index (Phi) is 4.79. The van der Waals surface area contributed by atoms with Crippen molar-refractivity contribution in [3.63, 3.8) is 0 Å². The fraction of sp³-hybridized carbons (Fsp3) is 0.722. The quantitative estimate of drug-likeness (QED) is 0.848. The molecule has 1 aromatic heterocycles. The largest absolute Gasteiger partial charge is 0.356 e. The molecule has 3 heterocycles. The van der Waals surface area contributed by atoms with Crippen LogP contribution in [0.1, 0.15) is 44.7 Å². The van der Waals surface area contributed by atoms with Crippen LogP contribution in [0.15, 0.2) is 18.2 Å². The molecule has 0 amide bonds. The number of likely N-dealkylation sites (tertiary alicyclic amines) is 1. The molecule has 3 heteroatoms. The fourth-order valence-electron chi connectivity index (χ4n) is 3.89. The predicted molar refractivity (Wildman–Crippen MR) is 88.8 cm³/mol. The molecule has 0 N–H and O–H groups in total. The number of rotatable bonds is 3. The Balaban J connectivity index is 1.60. The lowest BCUT2D eigenvalue weighted by molar-refractivity contribution is 0.130. The molecule has 0 saturated carbocycles. The van der Waals surface area contributed by atoms with E-state index < -0.39 is 0 Å². The number of pyridine rings is 1. The molecule has 0 radical (unpaired) electrons. The number of hydrogen-bond donors (Lipinski definition) is 0. The predicted octanol–water partition coefficient (Wildman–Crippen LogP) is 3.48. The van der Waals surface area contributed by atoms with E-state index in [0.717, 1.165) is 17.7 Å². The number of nitrogens with zero attached hydrogens (tertiary/aromatic N) is 3. The second kappa shape index (κ2) is 6.78. The standard InChI is InChI=1S/C18H29N3/c1-15-7-5-10-18(19-15)21-12-6-9-17(14-21)13-20-11-4-3-8-16(20)2/h5,7,10,16-17H,3-4,6,8-9,11-14H2,1-2H3. The molecule has 2 unspecified atom stereocenters. The topological polar surface area (TPSA) is 19.4 Å². The van der Waals surface area contributed by atoms with Crippen molar-refractivity contribution in [2.24, 2.45) is 5.92 Å². The molecule has 2 fully saturated rings. The number of hydrogen-bond acceptors (Lipinski definition) is 3. The van der Waals surface area contributed by atoms with Crippen molar-refractivity contribution in [2.75, 3.05) is 31.1 Å². The Hall–Kier alpha value is -1.09. The molecule has 3 rings (SSSR count). The molecular weight excluding hydrogens is 258 g/mol. The molecule has 2 saturated heterocycles. The molecule has 1 aromatic rings. The minimum atomic E-state index is 0.784. The lowest BCUT2D eigenvalue weighted by Gasteiger charge is -2.40. The molecule has 0 bridgehead atoms. The van der Waals surface area contributed by atoms with Gasteiger partial charge in [-0.25, -0.2) is 4.98 Å². The molecule has 0 aliphatic carbocycles. The van der Waals surface area contributed by atoms with Crippen LogP contribution in [0.3, 0.4) is 0 Å². The van der Waals surface area contributed by atoms with Crippen molar-refractivity contribution in [3.05, 3.63) is 23.9 Å². The summed E-state index contributed by atoms with van der Waals surface area (Å²) in [6.45, 7) is 9.42. The summed E-state index contributed by atoms with van der Waals surface area (Å²) in [5.41, 5.74) is 1.12. The molecule has 0 aromatic carbocycles. The van der Waals surface area contributed by atoms with E-state index in [1.165, 1.54) is 64.1 Å². The summed E-state index contributed by atoms with van der Waals surface area (Å²) in [5, 5.41) is 0. The zero-order chi connectivity index (χ0) is 14.7. The van der Waals surface area contributed by atoms with E-state index >= 15 is 0 Å². The summed E-state index contributed by atoms with van der Waals surface area (Å²) < 4.78 is 0. The Labute approximate surface area is 129 Å². The normalized spacial score (nSPS) is 27.8. The highest BCUT2D eigenvalue weighted by atomic mass is 15.2. The maximum absolute atomic E-state index is 4.71. The van der Waals surface area contributed by atoms with Crippen molar-refractivity contribution < 1.29 is 0 Å². The van der Waals surface area contributed by atoms with Gasteiger partial charge < -0.3 is 9.80 Å². The first-order valence-electron chi connectivity index (χ1n) is 8.65. The molecule has 21 heavy (non-hydrogen) atoms. The third-order valence-corrected chi connectivity index (χ3v) is 5.15. The van der Waals surface area contributed by atoms with Crippen LogP contribution in [0.2, 0.25) is 0 Å². The highest BCUT2D eigenvalue weighted by molar-refractivity contribution is 5.39. The summed E-state index contributed by atoms with van der Waals surface area (Å²) in [4.78, 5) is 9.92. The lowest BCUT2D eigenvalue weighted by atomic mass is 9.95. The van der Waals surface area contributed by atoms with E-state index in [1.54, 1.807) is 0 Å². The fourth-order valence-corrected chi connectivity index (χ4v) is 3.89. The van der Waals surface area contributed by atoms with Gasteiger partial charge in [0.2, 0.25) is 0 Å². The van der Waals surface area contributed by atoms with Gasteiger partial charge in [-0.05, 0) is 64.1 Å². The first-order chi connectivity index (χ1) is 10.2. The van der Waals surface area contributed by atoms with Crippen LogP contribution in [0.4, 0.5) is 5.82 Å². The van der Waals surface area contributed by atoms with Gasteiger partial charge in [-0.2, -0.15) is 0 Å². The van der Waals surface area contributed by atoms with E-state index in [0.29, 0.717) is 0 Å². The second-order valence-electron chi connectivity index (χ2n) is 6.93. The summed E-state index contributed by atoms with van der Waals surface area (Å²) in [6, 6.07) is 7.17. The van der Waals surface area contributed by atoms with Crippen molar-refractivity contribution in [2.45, 2.75) is 52.0 Å². The van der Waals surface area contributed by atoms with Crippen molar-refractivity contribution in [3.8, 4) is 0 Å². The molecule has 2 aliphatic heterocycles. The van der Waals surface area contributed by atoms with E-state index in [1.807, 2.05) is 0 Å². The molecule has 0 spiro atoms. The first kappa shape index (κ1) is 14.8. The summed E-state index contributed by atoms with van der Waals surface area (Å²) in [7, 11) is 0. The van der Waals surface area contributed by atoms with E-state index in [4.69, 9.17) is 4.98 Å². The summed E-state index contributed by atoms with van der Waals surface area (Å²) in [5.74, 6) is 1.98. The molecule has 2 atom stereocenters. The number of piperidine rings is 2. The zero-order valence-corrected chi connectivity index (χ0v) is 13.6. The van der Waals surface area contributed by atoms with Gasteiger partial charge in [0, 0.05) is 31.4 Å². The van der Waals surface area contributed by atoms with Gasteiger partial charge in [0.15, 0.2) is 0 Å². The number of anilines is 1. The van der Waals surface area contributed by atoms with Crippen LogP contribution < -0.4 is 4.90 Å². The van der Waals surface area contributed by atoms with Crippen molar-refractivity contribution in [1.82, 2.24) is 9.88 Å². The van der Waals surface area contributed by atoms with Crippen LogP contribution in [-0.4, -0.2) is 42.1 Å². The van der Waals surface area contributed by atoms with Gasteiger partial charge in [-0.1, -0.05) is 12.5 Å². The molecular formula is C18H29N3. The van der Waals surface area contributed by atoms with Gasteiger partial charge in [0.05, 0.1) is 0 Å². The van der Waals surface area contributed by atoms with Crippen molar-refractivity contribution in [1.29, 1.82) is 0 Å². The Bertz CT molecular complexity index is 460. The third-order valence-electron chi connectivity index (χ3n) is 5.15. The Morgan fingerprint density at radius 3 is 2.86 bits per heavy atom. The smallest absolute Gasteiger partial charge is 0.128 e. The maximum Gasteiger partial charge on any atom is 0.128 e. The van der Waals surface area contributed by atoms with E-state index in [2.05, 4.69) is 41.8 Å². The maximum atomic E-state index is 4.71. The third kappa shape index (κ3) is 3.76. The summed E-state index contributed by atoms with van der Waals surface area (Å²) in [6.07, 6.45) is 6.88. The molecule has 3 nitrogen and oxygen atoms in total. The first-order valence-corrected chi connectivity index (χ1v) is 8.65. The Morgan fingerprint density at radius 2 is 2.05 bits per heavy atom. The molecule has 2 aliphatic rings. The van der Waals surface area contributed by atoms with Gasteiger partial charge in [-0.3, -0.25) is 0 Å². The van der Waals surface area contributed by atoms with Crippen LogP contribution in [0.5, 0.6) is 0 Å². The monoisotopic (exact) mass is 287 g/mol. The minimum absolute atomic E-state index is 0.784. The van der Waals surface area contributed by atoms with E-state index in [-0.39, 0.29) is 0 Å². The second-order valence-corrected chi connectivity index (χ2v) is 6.93. The van der Waals surface area contributed by atoms with Crippen LogP contribution in [0, 0.1) is 12.8 Å². The minimum Gasteiger partial charge on any atom is -0.356 e. The average Bonchev–Trinajstić information content (AvgIpc) is 2.50. The number of aryl methyl sites for hydroxylation is 1. The molecule has 116 valence electrons. The SMILES string of the molecule is Cc1cccc(N2CCCC(CN3CCCCC3C)C2)n1. The number of aromatic nitrogens is 1.